The smallest absolute Gasteiger partial charge is 0.262 e. The van der Waals surface area contributed by atoms with E-state index in [0.29, 0.717) is 29.9 Å². The summed E-state index contributed by atoms with van der Waals surface area (Å²) in [6.07, 6.45) is 0. The number of ether oxygens (including phenoxy) is 1. The highest BCUT2D eigenvalue weighted by Crippen LogP contribution is 2.22. The van der Waals surface area contributed by atoms with Gasteiger partial charge in [0.15, 0.2) is 0 Å². The predicted octanol–water partition coefficient (Wildman–Crippen LogP) is 4.07. The fraction of sp³-hybridized carbons (Fsp3) is 0.296. The van der Waals surface area contributed by atoms with E-state index in [1.165, 1.54) is 5.56 Å². The molecule has 0 aliphatic carbocycles. The van der Waals surface area contributed by atoms with Crippen LogP contribution in [0.1, 0.15) is 27.0 Å². The van der Waals surface area contributed by atoms with Gasteiger partial charge in [-0.05, 0) is 73.0 Å². The van der Waals surface area contributed by atoms with Crippen molar-refractivity contribution >= 4 is 21.6 Å². The molecule has 0 aromatic heterocycles. The number of sulfonamides is 1. The minimum atomic E-state index is -3.71. The third-order valence-electron chi connectivity index (χ3n) is 6.24. The van der Waals surface area contributed by atoms with Crippen LogP contribution in [0.3, 0.4) is 0 Å². The van der Waals surface area contributed by atoms with Crippen molar-refractivity contribution in [3.8, 4) is 5.75 Å². The molecule has 0 bridgehead atoms. The van der Waals surface area contributed by atoms with Gasteiger partial charge in [-0.1, -0.05) is 24.3 Å². The zero-order chi connectivity index (χ0) is 25.0. The summed E-state index contributed by atoms with van der Waals surface area (Å²) in [6, 6.07) is 20.0. The summed E-state index contributed by atoms with van der Waals surface area (Å²) >= 11 is 0. The van der Waals surface area contributed by atoms with Crippen LogP contribution in [-0.2, 0) is 16.6 Å². The van der Waals surface area contributed by atoms with Gasteiger partial charge in [-0.25, -0.2) is 8.42 Å². The van der Waals surface area contributed by atoms with Crippen LogP contribution < -0.4 is 9.46 Å². The van der Waals surface area contributed by atoms with E-state index in [-0.39, 0.29) is 10.8 Å². The highest BCUT2D eigenvalue weighted by Gasteiger charge is 2.23. The Morgan fingerprint density at radius 2 is 1.57 bits per heavy atom. The highest BCUT2D eigenvalue weighted by molar-refractivity contribution is 7.92. The Labute approximate surface area is 207 Å². The van der Waals surface area contributed by atoms with Gasteiger partial charge in [-0.2, -0.15) is 0 Å². The van der Waals surface area contributed by atoms with Crippen molar-refractivity contribution in [3.63, 3.8) is 0 Å². The molecular weight excluding hydrogens is 462 g/mol. The van der Waals surface area contributed by atoms with Crippen molar-refractivity contribution in [1.82, 2.24) is 9.80 Å². The van der Waals surface area contributed by atoms with Crippen LogP contribution in [-0.4, -0.2) is 57.4 Å². The molecule has 1 amide bonds. The van der Waals surface area contributed by atoms with Crippen LogP contribution in [0.4, 0.5) is 5.69 Å². The molecule has 0 unspecified atom stereocenters. The fourth-order valence-electron chi connectivity index (χ4n) is 4.17. The molecule has 0 radical (unpaired) electrons. The number of carbonyl (C=O) groups excluding carboxylic acids is 1. The Morgan fingerprint density at radius 1 is 0.914 bits per heavy atom. The fourth-order valence-corrected chi connectivity index (χ4v) is 5.56. The molecule has 1 N–H and O–H groups in total. The summed E-state index contributed by atoms with van der Waals surface area (Å²) in [4.78, 5) is 17.4. The number of methoxy groups -OCH3 is 1. The Balaban J connectivity index is 1.34. The molecule has 1 aliphatic heterocycles. The SMILES string of the molecule is COc1ccc(CN2CCN(C(=O)c3ccc(NS(=O)(=O)c4cc(C)ccc4C)cc3)CC2)cc1. The maximum atomic E-state index is 13.0. The number of aryl methyl sites for hydroxylation is 2. The molecule has 4 rings (SSSR count). The number of benzene rings is 3. The summed E-state index contributed by atoms with van der Waals surface area (Å²) in [6.45, 7) is 7.36. The van der Waals surface area contributed by atoms with E-state index in [4.69, 9.17) is 4.74 Å². The van der Waals surface area contributed by atoms with E-state index in [1.54, 1.807) is 50.4 Å². The minimum absolute atomic E-state index is 0.0435. The van der Waals surface area contributed by atoms with Crippen molar-refractivity contribution in [2.24, 2.45) is 0 Å². The van der Waals surface area contributed by atoms with Crippen molar-refractivity contribution < 1.29 is 17.9 Å². The summed E-state index contributed by atoms with van der Waals surface area (Å²) in [5.41, 5.74) is 3.74. The first-order chi connectivity index (χ1) is 16.7. The molecule has 3 aromatic carbocycles. The molecule has 35 heavy (non-hydrogen) atoms. The zero-order valence-corrected chi connectivity index (χ0v) is 21.1. The molecule has 0 spiro atoms. The Hall–Kier alpha value is -3.36. The Kier molecular flexibility index (Phi) is 7.42. The lowest BCUT2D eigenvalue weighted by molar-refractivity contribution is 0.0628. The van der Waals surface area contributed by atoms with Crippen LogP contribution >= 0.6 is 0 Å². The largest absolute Gasteiger partial charge is 0.497 e. The predicted molar refractivity (Wildman–Crippen MR) is 137 cm³/mol. The lowest BCUT2D eigenvalue weighted by atomic mass is 10.1. The summed E-state index contributed by atoms with van der Waals surface area (Å²) in [5, 5.41) is 0. The Morgan fingerprint density at radius 3 is 2.20 bits per heavy atom. The zero-order valence-electron chi connectivity index (χ0n) is 20.3. The molecule has 184 valence electrons. The van der Waals surface area contributed by atoms with Crippen molar-refractivity contribution in [3.05, 3.63) is 89.0 Å². The molecule has 1 saturated heterocycles. The number of carbonyl (C=O) groups is 1. The van der Waals surface area contributed by atoms with Crippen LogP contribution in [0.5, 0.6) is 5.75 Å². The summed E-state index contributed by atoms with van der Waals surface area (Å²) in [5.74, 6) is 0.797. The van der Waals surface area contributed by atoms with E-state index in [9.17, 15) is 13.2 Å². The van der Waals surface area contributed by atoms with Crippen molar-refractivity contribution in [2.45, 2.75) is 25.3 Å². The maximum absolute atomic E-state index is 13.0. The van der Waals surface area contributed by atoms with E-state index in [1.807, 2.05) is 30.0 Å². The number of hydrogen-bond acceptors (Lipinski definition) is 5. The van der Waals surface area contributed by atoms with Gasteiger partial charge < -0.3 is 9.64 Å². The molecule has 1 aliphatic rings. The topological polar surface area (TPSA) is 79.0 Å². The van der Waals surface area contributed by atoms with Gasteiger partial charge in [-0.3, -0.25) is 14.4 Å². The Bertz CT molecular complexity index is 1280. The van der Waals surface area contributed by atoms with Crippen LogP contribution in [0.2, 0.25) is 0 Å². The molecule has 8 heteroatoms. The van der Waals surface area contributed by atoms with Crippen LogP contribution in [0.25, 0.3) is 0 Å². The highest BCUT2D eigenvalue weighted by atomic mass is 32.2. The molecule has 7 nitrogen and oxygen atoms in total. The third-order valence-corrected chi connectivity index (χ3v) is 7.77. The van der Waals surface area contributed by atoms with E-state index in [0.717, 1.165) is 30.9 Å². The first kappa shape index (κ1) is 24.8. The molecule has 0 atom stereocenters. The lowest BCUT2D eigenvalue weighted by Gasteiger charge is -2.34. The summed E-state index contributed by atoms with van der Waals surface area (Å²) in [7, 11) is -2.06. The number of nitrogens with one attached hydrogen (secondary N) is 1. The van der Waals surface area contributed by atoms with Gasteiger partial charge in [-0.15, -0.1) is 0 Å². The van der Waals surface area contributed by atoms with Crippen molar-refractivity contribution in [2.75, 3.05) is 38.0 Å². The van der Waals surface area contributed by atoms with Gasteiger partial charge in [0.05, 0.1) is 12.0 Å². The molecule has 1 heterocycles. The first-order valence-electron chi connectivity index (χ1n) is 11.6. The summed E-state index contributed by atoms with van der Waals surface area (Å²) < 4.78 is 33.5. The number of hydrogen-bond donors (Lipinski definition) is 1. The number of nitrogens with zero attached hydrogens (tertiary/aromatic N) is 2. The lowest BCUT2D eigenvalue weighted by Crippen LogP contribution is -2.48. The molecule has 0 saturated carbocycles. The van der Waals surface area contributed by atoms with Gasteiger partial charge in [0, 0.05) is 44.0 Å². The van der Waals surface area contributed by atoms with E-state index >= 15 is 0 Å². The second kappa shape index (κ2) is 10.5. The number of piperazine rings is 1. The normalized spacial score (nSPS) is 14.5. The maximum Gasteiger partial charge on any atom is 0.262 e. The van der Waals surface area contributed by atoms with E-state index in [2.05, 4.69) is 21.8 Å². The van der Waals surface area contributed by atoms with Crippen LogP contribution in [0.15, 0.2) is 71.6 Å². The van der Waals surface area contributed by atoms with Gasteiger partial charge in [0.25, 0.3) is 15.9 Å². The monoisotopic (exact) mass is 493 g/mol. The third kappa shape index (κ3) is 6.01. The second-order valence-electron chi connectivity index (χ2n) is 8.87. The van der Waals surface area contributed by atoms with E-state index < -0.39 is 10.0 Å². The molecular formula is C27H31N3O4S. The molecule has 1 fully saturated rings. The number of rotatable bonds is 7. The average molecular weight is 494 g/mol. The van der Waals surface area contributed by atoms with Gasteiger partial charge in [0.1, 0.15) is 5.75 Å². The number of anilines is 1. The second-order valence-corrected chi connectivity index (χ2v) is 10.5. The van der Waals surface area contributed by atoms with Gasteiger partial charge >= 0.3 is 0 Å². The molecule has 3 aromatic rings. The standard InChI is InChI=1S/C27H31N3O4S/c1-20-4-5-21(2)26(18-20)35(32,33)28-24-10-8-23(9-11-24)27(31)30-16-14-29(15-17-30)19-22-6-12-25(34-3)13-7-22/h4-13,18,28H,14-17,19H2,1-3H3. The average Bonchev–Trinajstić information content (AvgIpc) is 2.86. The van der Waals surface area contributed by atoms with Crippen molar-refractivity contribution in [1.29, 1.82) is 0 Å². The minimum Gasteiger partial charge on any atom is -0.497 e. The number of amides is 1. The first-order valence-corrected chi connectivity index (χ1v) is 13.1. The quantitative estimate of drug-likeness (QED) is 0.537. The van der Waals surface area contributed by atoms with Gasteiger partial charge in [0.2, 0.25) is 0 Å². The van der Waals surface area contributed by atoms with Crippen LogP contribution in [0, 0.1) is 13.8 Å².